The minimum Gasteiger partial charge on any atom is -0.307 e. The lowest BCUT2D eigenvalue weighted by Gasteiger charge is -2.26. The number of fused-ring (bicyclic) bond motifs is 2. The molecule has 1 N–H and O–H groups in total. The third-order valence-corrected chi connectivity index (χ3v) is 4.72. The standard InChI is InChI=1S/C14H23N3/c1-9(13-8-17(3)16-10(13)2)15-14-7-11-4-5-12(14)6-11/h8-9,11-12,14-15H,4-7H2,1-3H3. The van der Waals surface area contributed by atoms with Crippen LogP contribution in [0, 0.1) is 18.8 Å². The summed E-state index contributed by atoms with van der Waals surface area (Å²) in [5, 5.41) is 8.26. The van der Waals surface area contributed by atoms with Gasteiger partial charge in [0.2, 0.25) is 0 Å². The SMILES string of the molecule is Cc1nn(C)cc1C(C)NC1CC2CCC1C2. The fourth-order valence-corrected chi connectivity index (χ4v) is 3.90. The second kappa shape index (κ2) is 4.13. The smallest absolute Gasteiger partial charge is 0.0641 e. The average molecular weight is 233 g/mol. The van der Waals surface area contributed by atoms with E-state index in [9.17, 15) is 0 Å². The molecule has 2 aliphatic rings. The first-order valence-corrected chi connectivity index (χ1v) is 6.89. The molecular formula is C14H23N3. The summed E-state index contributed by atoms with van der Waals surface area (Å²) >= 11 is 0. The van der Waals surface area contributed by atoms with Crippen molar-refractivity contribution < 1.29 is 0 Å². The Bertz CT molecular complexity index is 410. The molecule has 0 aromatic carbocycles. The second-order valence-corrected chi connectivity index (χ2v) is 6.01. The van der Waals surface area contributed by atoms with Crippen LogP contribution in [0.25, 0.3) is 0 Å². The van der Waals surface area contributed by atoms with Crippen molar-refractivity contribution in [2.24, 2.45) is 18.9 Å². The van der Waals surface area contributed by atoms with Gasteiger partial charge < -0.3 is 5.32 Å². The molecule has 3 heteroatoms. The molecule has 94 valence electrons. The van der Waals surface area contributed by atoms with E-state index in [1.807, 2.05) is 11.7 Å². The van der Waals surface area contributed by atoms with E-state index in [0.717, 1.165) is 23.6 Å². The van der Waals surface area contributed by atoms with E-state index >= 15 is 0 Å². The van der Waals surface area contributed by atoms with E-state index in [-0.39, 0.29) is 0 Å². The zero-order chi connectivity index (χ0) is 12.0. The zero-order valence-electron chi connectivity index (χ0n) is 11.1. The molecule has 1 heterocycles. The normalized spacial score (nSPS) is 33.2. The Morgan fingerprint density at radius 3 is 2.76 bits per heavy atom. The fourth-order valence-electron chi connectivity index (χ4n) is 3.90. The molecule has 0 spiro atoms. The zero-order valence-corrected chi connectivity index (χ0v) is 11.1. The Kier molecular flexibility index (Phi) is 2.74. The monoisotopic (exact) mass is 233 g/mol. The molecule has 0 saturated heterocycles. The first kappa shape index (κ1) is 11.3. The van der Waals surface area contributed by atoms with Gasteiger partial charge in [0.1, 0.15) is 0 Å². The number of hydrogen-bond donors (Lipinski definition) is 1. The van der Waals surface area contributed by atoms with E-state index in [1.54, 1.807) is 0 Å². The van der Waals surface area contributed by atoms with Crippen LogP contribution in [0.4, 0.5) is 0 Å². The first-order chi connectivity index (χ1) is 8.13. The highest BCUT2D eigenvalue weighted by atomic mass is 15.3. The summed E-state index contributed by atoms with van der Waals surface area (Å²) in [7, 11) is 2.00. The van der Waals surface area contributed by atoms with Crippen molar-refractivity contribution in [3.63, 3.8) is 0 Å². The molecule has 2 saturated carbocycles. The fraction of sp³-hybridized carbons (Fsp3) is 0.786. The predicted octanol–water partition coefficient (Wildman–Crippen LogP) is 2.57. The van der Waals surface area contributed by atoms with Gasteiger partial charge in [0.25, 0.3) is 0 Å². The van der Waals surface area contributed by atoms with Gasteiger partial charge in [0, 0.05) is 30.9 Å². The lowest BCUT2D eigenvalue weighted by atomic mass is 9.94. The molecule has 3 rings (SSSR count). The van der Waals surface area contributed by atoms with Crippen LogP contribution in [-0.2, 0) is 7.05 Å². The number of nitrogens with one attached hydrogen (secondary N) is 1. The van der Waals surface area contributed by atoms with Gasteiger partial charge in [-0.3, -0.25) is 4.68 Å². The van der Waals surface area contributed by atoms with Crippen molar-refractivity contribution >= 4 is 0 Å². The van der Waals surface area contributed by atoms with Crippen LogP contribution in [0.5, 0.6) is 0 Å². The lowest BCUT2D eigenvalue weighted by Crippen LogP contribution is -2.35. The molecule has 1 aromatic heterocycles. The molecule has 2 fully saturated rings. The van der Waals surface area contributed by atoms with Crippen LogP contribution in [0.2, 0.25) is 0 Å². The van der Waals surface area contributed by atoms with E-state index < -0.39 is 0 Å². The van der Waals surface area contributed by atoms with Crippen LogP contribution in [0.3, 0.4) is 0 Å². The van der Waals surface area contributed by atoms with Crippen LogP contribution in [-0.4, -0.2) is 15.8 Å². The Hall–Kier alpha value is -0.830. The number of hydrogen-bond acceptors (Lipinski definition) is 2. The molecule has 2 aliphatic carbocycles. The van der Waals surface area contributed by atoms with Gasteiger partial charge in [0.05, 0.1) is 5.69 Å². The van der Waals surface area contributed by atoms with Gasteiger partial charge in [-0.2, -0.15) is 5.10 Å². The maximum absolute atomic E-state index is 4.43. The van der Waals surface area contributed by atoms with Gasteiger partial charge in [0.15, 0.2) is 0 Å². The first-order valence-electron chi connectivity index (χ1n) is 6.89. The molecule has 1 aromatic rings. The highest BCUT2D eigenvalue weighted by Crippen LogP contribution is 2.45. The van der Waals surface area contributed by atoms with E-state index in [0.29, 0.717) is 6.04 Å². The topological polar surface area (TPSA) is 29.9 Å². The molecule has 4 atom stereocenters. The molecular weight excluding hydrogens is 210 g/mol. The van der Waals surface area contributed by atoms with Crippen molar-refractivity contribution in [2.45, 2.75) is 51.6 Å². The summed E-state index contributed by atoms with van der Waals surface area (Å²) in [6, 6.07) is 1.19. The Labute approximate surface area is 104 Å². The van der Waals surface area contributed by atoms with Gasteiger partial charge in [-0.05, 0) is 44.9 Å². The van der Waals surface area contributed by atoms with Crippen molar-refractivity contribution in [2.75, 3.05) is 0 Å². The molecule has 4 unspecified atom stereocenters. The molecule has 3 nitrogen and oxygen atoms in total. The number of aromatic nitrogens is 2. The van der Waals surface area contributed by atoms with E-state index in [1.165, 1.54) is 31.2 Å². The lowest BCUT2D eigenvalue weighted by molar-refractivity contribution is 0.326. The van der Waals surface area contributed by atoms with Crippen molar-refractivity contribution in [3.05, 3.63) is 17.5 Å². The number of aryl methyl sites for hydroxylation is 2. The van der Waals surface area contributed by atoms with Crippen molar-refractivity contribution in [1.29, 1.82) is 0 Å². The molecule has 0 amide bonds. The predicted molar refractivity (Wildman–Crippen MR) is 68.7 cm³/mol. The summed E-state index contributed by atoms with van der Waals surface area (Å²) in [5.41, 5.74) is 2.52. The van der Waals surface area contributed by atoms with Gasteiger partial charge in [-0.1, -0.05) is 6.42 Å². The highest BCUT2D eigenvalue weighted by molar-refractivity contribution is 5.19. The Morgan fingerprint density at radius 2 is 2.24 bits per heavy atom. The molecule has 2 bridgehead atoms. The van der Waals surface area contributed by atoms with E-state index in [2.05, 4.69) is 30.5 Å². The summed E-state index contributed by atoms with van der Waals surface area (Å²) in [4.78, 5) is 0. The quantitative estimate of drug-likeness (QED) is 0.869. The van der Waals surface area contributed by atoms with Gasteiger partial charge >= 0.3 is 0 Å². The van der Waals surface area contributed by atoms with Crippen LogP contribution in [0.15, 0.2) is 6.20 Å². The average Bonchev–Trinajstić information content (AvgIpc) is 2.93. The second-order valence-electron chi connectivity index (χ2n) is 6.01. The number of rotatable bonds is 3. The van der Waals surface area contributed by atoms with Gasteiger partial charge in [-0.25, -0.2) is 0 Å². The maximum atomic E-state index is 4.43. The Balaban J connectivity index is 1.67. The summed E-state index contributed by atoms with van der Waals surface area (Å²) in [6.45, 7) is 4.38. The van der Waals surface area contributed by atoms with Crippen LogP contribution < -0.4 is 5.32 Å². The molecule has 17 heavy (non-hydrogen) atoms. The largest absolute Gasteiger partial charge is 0.307 e. The van der Waals surface area contributed by atoms with Gasteiger partial charge in [-0.15, -0.1) is 0 Å². The Morgan fingerprint density at radius 1 is 1.41 bits per heavy atom. The van der Waals surface area contributed by atoms with E-state index in [4.69, 9.17) is 0 Å². The summed E-state index contributed by atoms with van der Waals surface area (Å²) in [5.74, 6) is 1.96. The summed E-state index contributed by atoms with van der Waals surface area (Å²) < 4.78 is 1.92. The number of nitrogens with zero attached hydrogens (tertiary/aromatic N) is 2. The van der Waals surface area contributed by atoms with Crippen LogP contribution in [0.1, 0.15) is 49.9 Å². The molecule has 0 aliphatic heterocycles. The maximum Gasteiger partial charge on any atom is 0.0641 e. The third kappa shape index (κ3) is 2.01. The van der Waals surface area contributed by atoms with Crippen LogP contribution >= 0.6 is 0 Å². The third-order valence-electron chi connectivity index (χ3n) is 4.72. The minimum absolute atomic E-state index is 0.438. The minimum atomic E-state index is 0.438. The summed E-state index contributed by atoms with van der Waals surface area (Å²) in [6.07, 6.45) is 7.94. The van der Waals surface area contributed by atoms with Crippen molar-refractivity contribution in [3.8, 4) is 0 Å². The molecule has 0 radical (unpaired) electrons. The van der Waals surface area contributed by atoms with Crippen molar-refractivity contribution in [1.82, 2.24) is 15.1 Å². The highest BCUT2D eigenvalue weighted by Gasteiger charge is 2.39.